The Hall–Kier alpha value is -1.40. The number of hydrogen-bond donors (Lipinski definition) is 2. The maximum absolute atomic E-state index is 13.1. The monoisotopic (exact) mass is 362 g/mol. The van der Waals surface area contributed by atoms with E-state index in [1.54, 1.807) is 11.3 Å². The Bertz CT molecular complexity index is 686. The van der Waals surface area contributed by atoms with E-state index < -0.39 is 6.10 Å². The number of aliphatic hydroxyl groups is 1. The highest BCUT2D eigenvalue weighted by Gasteiger charge is 2.43. The van der Waals surface area contributed by atoms with E-state index in [4.69, 9.17) is 0 Å². The molecule has 0 spiro atoms. The van der Waals surface area contributed by atoms with Crippen LogP contribution in [0, 0.1) is 11.8 Å². The third-order valence-electron chi connectivity index (χ3n) is 6.12. The van der Waals surface area contributed by atoms with E-state index in [1.165, 1.54) is 30.9 Å². The first kappa shape index (κ1) is 17.0. The summed E-state index contributed by atoms with van der Waals surface area (Å²) in [5, 5.41) is 15.4. The van der Waals surface area contributed by atoms with E-state index in [9.17, 15) is 14.7 Å². The Labute approximate surface area is 152 Å². The average Bonchev–Trinajstić information content (AvgIpc) is 3.18. The molecule has 136 valence electrons. The van der Waals surface area contributed by atoms with Gasteiger partial charge in [0.25, 0.3) is 5.91 Å². The number of aryl methyl sites for hydroxylation is 1. The Morgan fingerprint density at radius 1 is 1.20 bits per heavy atom. The van der Waals surface area contributed by atoms with Crippen LogP contribution in [0.3, 0.4) is 0 Å². The molecule has 4 rings (SSSR count). The number of nitrogens with one attached hydrogen (secondary N) is 1. The summed E-state index contributed by atoms with van der Waals surface area (Å²) in [6, 6.07) is -0.178. The number of carbonyl (C=O) groups excluding carboxylic acids is 2. The highest BCUT2D eigenvalue weighted by Crippen LogP contribution is 2.38. The first-order chi connectivity index (χ1) is 12.0. The van der Waals surface area contributed by atoms with E-state index in [0.29, 0.717) is 18.3 Å². The van der Waals surface area contributed by atoms with Crippen LogP contribution in [0.15, 0.2) is 5.38 Å². The minimum Gasteiger partial charge on any atom is -0.391 e. The molecule has 2 amide bonds. The van der Waals surface area contributed by atoms with E-state index in [2.05, 4.69) is 10.7 Å². The summed E-state index contributed by atoms with van der Waals surface area (Å²) in [6.45, 7) is 2.97. The summed E-state index contributed by atoms with van der Waals surface area (Å²) in [7, 11) is 0. The van der Waals surface area contributed by atoms with Gasteiger partial charge in [-0.25, -0.2) is 0 Å². The van der Waals surface area contributed by atoms with Crippen molar-refractivity contribution in [2.24, 2.45) is 11.8 Å². The minimum atomic E-state index is -0.505. The molecular weight excluding hydrogens is 336 g/mol. The molecule has 2 heterocycles. The molecule has 1 saturated heterocycles. The minimum absolute atomic E-state index is 0.0985. The molecular formula is C19H26N2O3S. The van der Waals surface area contributed by atoms with E-state index >= 15 is 0 Å². The van der Waals surface area contributed by atoms with Crippen LogP contribution < -0.4 is 5.32 Å². The molecule has 0 unspecified atom stereocenters. The number of rotatable bonds is 2. The molecule has 0 radical (unpaired) electrons. The van der Waals surface area contributed by atoms with Gasteiger partial charge in [-0.3, -0.25) is 9.59 Å². The van der Waals surface area contributed by atoms with Gasteiger partial charge in [-0.15, -0.1) is 11.3 Å². The molecule has 25 heavy (non-hydrogen) atoms. The fourth-order valence-corrected chi connectivity index (χ4v) is 5.98. The Morgan fingerprint density at radius 2 is 1.92 bits per heavy atom. The molecule has 0 bridgehead atoms. The smallest absolute Gasteiger partial charge is 0.264 e. The maximum Gasteiger partial charge on any atom is 0.264 e. The van der Waals surface area contributed by atoms with Gasteiger partial charge in [-0.05, 0) is 66.9 Å². The van der Waals surface area contributed by atoms with Gasteiger partial charge >= 0.3 is 0 Å². The molecule has 1 aliphatic heterocycles. The maximum atomic E-state index is 13.1. The number of carbonyl (C=O) groups is 2. The number of thiophene rings is 1. The van der Waals surface area contributed by atoms with Crippen LogP contribution in [0.1, 0.15) is 53.4 Å². The van der Waals surface area contributed by atoms with Gasteiger partial charge in [0.2, 0.25) is 5.91 Å². The zero-order chi connectivity index (χ0) is 17.6. The first-order valence-corrected chi connectivity index (χ1v) is 10.2. The topological polar surface area (TPSA) is 69.6 Å². The Kier molecular flexibility index (Phi) is 4.58. The van der Waals surface area contributed by atoms with Gasteiger partial charge in [0.15, 0.2) is 0 Å². The van der Waals surface area contributed by atoms with Crippen molar-refractivity contribution in [1.82, 2.24) is 10.2 Å². The van der Waals surface area contributed by atoms with Crippen molar-refractivity contribution in [2.75, 3.05) is 13.1 Å². The molecule has 2 N–H and O–H groups in total. The number of amides is 2. The fourth-order valence-electron chi connectivity index (χ4n) is 4.85. The quantitative estimate of drug-likeness (QED) is 0.845. The number of likely N-dealkylation sites (tertiary alicyclic amines) is 1. The molecule has 2 fully saturated rings. The molecule has 6 heteroatoms. The second-order valence-electron chi connectivity index (χ2n) is 7.85. The van der Waals surface area contributed by atoms with Gasteiger partial charge in [-0.1, -0.05) is 0 Å². The number of fused-ring (bicyclic) bond motifs is 2. The lowest BCUT2D eigenvalue weighted by molar-refractivity contribution is -0.121. The summed E-state index contributed by atoms with van der Waals surface area (Å²) in [6.07, 6.45) is 5.47. The van der Waals surface area contributed by atoms with Gasteiger partial charge in [0.05, 0.1) is 17.0 Å². The molecule has 4 atom stereocenters. The molecule has 1 saturated carbocycles. The predicted molar refractivity (Wildman–Crippen MR) is 96.7 cm³/mol. The van der Waals surface area contributed by atoms with Crippen LogP contribution in [-0.2, 0) is 17.6 Å². The van der Waals surface area contributed by atoms with Crippen molar-refractivity contribution >= 4 is 23.2 Å². The van der Waals surface area contributed by atoms with Gasteiger partial charge < -0.3 is 15.3 Å². The highest BCUT2D eigenvalue weighted by atomic mass is 32.1. The average molecular weight is 362 g/mol. The molecule has 0 aromatic carbocycles. The molecule has 5 nitrogen and oxygen atoms in total. The van der Waals surface area contributed by atoms with Crippen LogP contribution in [-0.4, -0.2) is 47.1 Å². The Morgan fingerprint density at radius 3 is 2.68 bits per heavy atom. The second kappa shape index (κ2) is 6.72. The summed E-state index contributed by atoms with van der Waals surface area (Å²) in [5.74, 6) is 0.798. The zero-order valence-electron chi connectivity index (χ0n) is 14.7. The van der Waals surface area contributed by atoms with E-state index in [0.717, 1.165) is 37.2 Å². The lowest BCUT2D eigenvalue weighted by atomic mass is 9.77. The van der Waals surface area contributed by atoms with Crippen molar-refractivity contribution in [3.05, 3.63) is 21.4 Å². The van der Waals surface area contributed by atoms with Crippen LogP contribution >= 0.6 is 11.3 Å². The second-order valence-corrected chi connectivity index (χ2v) is 8.73. The van der Waals surface area contributed by atoms with Crippen molar-refractivity contribution in [3.8, 4) is 0 Å². The first-order valence-electron chi connectivity index (χ1n) is 9.36. The van der Waals surface area contributed by atoms with Gasteiger partial charge in [-0.2, -0.15) is 0 Å². The molecule has 1 aromatic heterocycles. The van der Waals surface area contributed by atoms with Crippen LogP contribution in [0.5, 0.6) is 0 Å². The van der Waals surface area contributed by atoms with Crippen molar-refractivity contribution in [1.29, 1.82) is 0 Å². The lowest BCUT2D eigenvalue weighted by Crippen LogP contribution is -2.48. The number of nitrogens with zero attached hydrogens (tertiary/aromatic N) is 1. The third-order valence-corrected chi connectivity index (χ3v) is 7.17. The number of aliphatic hydroxyl groups excluding tert-OH is 1. The van der Waals surface area contributed by atoms with Crippen LogP contribution in [0.4, 0.5) is 0 Å². The van der Waals surface area contributed by atoms with E-state index in [1.807, 2.05) is 4.90 Å². The predicted octanol–water partition coefficient (Wildman–Crippen LogP) is 1.97. The summed E-state index contributed by atoms with van der Waals surface area (Å²) < 4.78 is 0. The molecule has 3 aliphatic rings. The largest absolute Gasteiger partial charge is 0.391 e. The third kappa shape index (κ3) is 3.22. The van der Waals surface area contributed by atoms with Crippen molar-refractivity contribution in [3.63, 3.8) is 0 Å². The summed E-state index contributed by atoms with van der Waals surface area (Å²) in [5.41, 5.74) is 2.66. The molecule has 2 aliphatic carbocycles. The summed E-state index contributed by atoms with van der Waals surface area (Å²) >= 11 is 1.61. The zero-order valence-corrected chi connectivity index (χ0v) is 15.5. The lowest BCUT2D eigenvalue weighted by Gasteiger charge is -2.35. The van der Waals surface area contributed by atoms with Gasteiger partial charge in [0.1, 0.15) is 0 Å². The standard InChI is InChI=1S/C19H26N2O3S/c1-11(22)20-16-6-13-8-21(9-14(13)7-17(16)23)19(24)18-15-5-3-2-4-12(15)10-25-18/h10,13-14,16-17,23H,2-9H2,1H3,(H,20,22)/t13-,14+,16-,17-/m1/s1. The molecule has 1 aromatic rings. The Balaban J connectivity index is 1.46. The fraction of sp³-hybridized carbons (Fsp3) is 0.684. The summed E-state index contributed by atoms with van der Waals surface area (Å²) in [4.78, 5) is 27.3. The van der Waals surface area contributed by atoms with Crippen molar-refractivity contribution in [2.45, 2.75) is 57.6 Å². The van der Waals surface area contributed by atoms with E-state index in [-0.39, 0.29) is 17.9 Å². The number of hydrogen-bond acceptors (Lipinski definition) is 4. The SMILES string of the molecule is CC(=O)N[C@@H]1C[C@@H]2CN(C(=O)c3scc4c3CCCC4)C[C@@H]2C[C@H]1O. The van der Waals surface area contributed by atoms with Gasteiger partial charge in [0, 0.05) is 20.0 Å². The highest BCUT2D eigenvalue weighted by molar-refractivity contribution is 7.12. The van der Waals surface area contributed by atoms with Crippen LogP contribution in [0.2, 0.25) is 0 Å². The van der Waals surface area contributed by atoms with Crippen LogP contribution in [0.25, 0.3) is 0 Å². The normalized spacial score (nSPS) is 31.4. The van der Waals surface area contributed by atoms with Crippen molar-refractivity contribution < 1.29 is 14.7 Å².